The van der Waals surface area contributed by atoms with E-state index in [0.717, 1.165) is 0 Å². The van der Waals surface area contributed by atoms with Crippen LogP contribution < -0.4 is 5.73 Å². The summed E-state index contributed by atoms with van der Waals surface area (Å²) < 4.78 is 1.37. The molecule has 1 rings (SSSR count). The smallest absolute Gasteiger partial charge is 0.127 e. The van der Waals surface area contributed by atoms with Gasteiger partial charge < -0.3 is 15.9 Å². The molecule has 0 saturated heterocycles. The number of aromatic nitrogens is 2. The van der Waals surface area contributed by atoms with Gasteiger partial charge in [0.05, 0.1) is 18.8 Å². The fourth-order valence-electron chi connectivity index (χ4n) is 1.12. The molecule has 1 heterocycles. The number of azide groups is 1. The van der Waals surface area contributed by atoms with E-state index in [4.69, 9.17) is 11.3 Å². The molecule has 0 saturated carbocycles. The molecule has 15 heavy (non-hydrogen) atoms. The zero-order valence-electron chi connectivity index (χ0n) is 8.15. The summed E-state index contributed by atoms with van der Waals surface area (Å²) in [6, 6.07) is 0. The van der Waals surface area contributed by atoms with Crippen LogP contribution in [0.4, 0.5) is 5.82 Å². The minimum absolute atomic E-state index is 0.216. The fourth-order valence-corrected chi connectivity index (χ4v) is 1.12. The molecule has 0 aliphatic carbocycles. The van der Waals surface area contributed by atoms with Crippen molar-refractivity contribution in [2.75, 3.05) is 12.3 Å². The Balaban J connectivity index is 2.79. The summed E-state index contributed by atoms with van der Waals surface area (Å²) in [5.74, 6) is 0.266. The number of nitrogen functional groups attached to an aromatic ring is 1. The van der Waals surface area contributed by atoms with Gasteiger partial charge in [-0.2, -0.15) is 5.10 Å². The first-order valence-electron chi connectivity index (χ1n) is 4.22. The van der Waals surface area contributed by atoms with Crippen molar-refractivity contribution in [3.05, 3.63) is 22.2 Å². The summed E-state index contributed by atoms with van der Waals surface area (Å²) in [4.78, 5) is 2.48. The number of rotatable bonds is 4. The quantitative estimate of drug-likeness (QED) is 0.359. The van der Waals surface area contributed by atoms with Gasteiger partial charge in [0.25, 0.3) is 0 Å². The first-order chi connectivity index (χ1) is 7.07. The molecule has 0 aliphatic heterocycles. The Labute approximate surface area is 85.6 Å². The molecule has 2 atom stereocenters. The number of aryl methyl sites for hydroxylation is 1. The third-order valence-electron chi connectivity index (χ3n) is 2.03. The molecule has 0 aliphatic rings. The largest absolute Gasteiger partial charge is 0.390 e. The maximum absolute atomic E-state index is 9.64. The van der Waals surface area contributed by atoms with Gasteiger partial charge in [-0.1, -0.05) is 5.11 Å². The highest BCUT2D eigenvalue weighted by atomic mass is 16.3. The molecule has 2 unspecified atom stereocenters. The molecule has 4 N–H and O–H groups in total. The van der Waals surface area contributed by atoms with Gasteiger partial charge in [-0.05, 0) is 5.53 Å². The molecule has 0 fully saturated rings. The highest BCUT2D eigenvalue weighted by Gasteiger charge is 2.21. The molecular formula is C7H12N6O2. The molecule has 1 aromatic heterocycles. The monoisotopic (exact) mass is 212 g/mol. The molecule has 8 nitrogen and oxygen atoms in total. The van der Waals surface area contributed by atoms with E-state index in [1.807, 2.05) is 0 Å². The Morgan fingerprint density at radius 2 is 2.40 bits per heavy atom. The van der Waals surface area contributed by atoms with Crippen LogP contribution in [0.1, 0.15) is 11.7 Å². The maximum atomic E-state index is 9.64. The third-order valence-corrected chi connectivity index (χ3v) is 2.03. The van der Waals surface area contributed by atoms with Crippen LogP contribution in [0.15, 0.2) is 11.3 Å². The summed E-state index contributed by atoms with van der Waals surface area (Å²) >= 11 is 0. The molecule has 0 bridgehead atoms. The van der Waals surface area contributed by atoms with E-state index in [1.54, 1.807) is 7.05 Å². The maximum Gasteiger partial charge on any atom is 0.127 e. The van der Waals surface area contributed by atoms with Crippen molar-refractivity contribution in [1.82, 2.24) is 9.78 Å². The highest BCUT2D eigenvalue weighted by molar-refractivity contribution is 5.40. The van der Waals surface area contributed by atoms with E-state index in [9.17, 15) is 10.2 Å². The van der Waals surface area contributed by atoms with Gasteiger partial charge in [-0.15, -0.1) is 0 Å². The van der Waals surface area contributed by atoms with Gasteiger partial charge in [0, 0.05) is 17.5 Å². The van der Waals surface area contributed by atoms with Gasteiger partial charge in [0.2, 0.25) is 0 Å². The minimum atomic E-state index is -1.20. The Bertz CT molecular complexity index is 383. The van der Waals surface area contributed by atoms with Gasteiger partial charge in [-0.3, -0.25) is 4.68 Å². The van der Waals surface area contributed by atoms with Gasteiger partial charge in [-0.25, -0.2) is 0 Å². The first kappa shape index (κ1) is 11.3. The highest BCUT2D eigenvalue weighted by Crippen LogP contribution is 2.22. The van der Waals surface area contributed by atoms with E-state index >= 15 is 0 Å². The van der Waals surface area contributed by atoms with Crippen LogP contribution in [0.3, 0.4) is 0 Å². The number of nitrogens with two attached hydrogens (primary N) is 1. The topological polar surface area (TPSA) is 133 Å². The molecule has 0 aromatic carbocycles. The van der Waals surface area contributed by atoms with Crippen molar-refractivity contribution in [3.63, 3.8) is 0 Å². The minimum Gasteiger partial charge on any atom is -0.390 e. The van der Waals surface area contributed by atoms with E-state index in [1.165, 1.54) is 10.9 Å². The van der Waals surface area contributed by atoms with E-state index in [0.29, 0.717) is 5.56 Å². The van der Waals surface area contributed by atoms with E-state index < -0.39 is 12.2 Å². The molecule has 1 aromatic rings. The van der Waals surface area contributed by atoms with Crippen molar-refractivity contribution in [1.29, 1.82) is 0 Å². The van der Waals surface area contributed by atoms with Crippen LogP contribution >= 0.6 is 0 Å². The Morgan fingerprint density at radius 1 is 1.73 bits per heavy atom. The lowest BCUT2D eigenvalue weighted by molar-refractivity contribution is 0.0248. The Hall–Kier alpha value is -1.76. The number of hydrogen-bond donors (Lipinski definition) is 3. The van der Waals surface area contributed by atoms with Crippen LogP contribution in [0, 0.1) is 0 Å². The SMILES string of the molecule is Cn1ncc(C(O)C(O)CN=[N+]=[N-])c1N. The van der Waals surface area contributed by atoms with Crippen molar-refractivity contribution in [2.24, 2.45) is 12.2 Å². The molecule has 8 heteroatoms. The molecule has 0 radical (unpaired) electrons. The predicted molar refractivity (Wildman–Crippen MR) is 52.6 cm³/mol. The standard InChI is InChI=1S/C7H12N6O2/c1-13-7(8)4(2-11-13)6(15)5(14)3-10-12-9/h2,5-6,14-15H,3,8H2,1H3. The molecule has 82 valence electrons. The van der Waals surface area contributed by atoms with Crippen molar-refractivity contribution >= 4 is 5.82 Å². The summed E-state index contributed by atoms with van der Waals surface area (Å²) in [6.45, 7) is -0.216. The molecule has 0 spiro atoms. The Morgan fingerprint density at radius 3 is 2.87 bits per heavy atom. The lowest BCUT2D eigenvalue weighted by Crippen LogP contribution is -2.21. The lowest BCUT2D eigenvalue weighted by Gasteiger charge is -2.14. The third kappa shape index (κ3) is 2.38. The van der Waals surface area contributed by atoms with Gasteiger partial charge in [0.15, 0.2) is 0 Å². The van der Waals surface area contributed by atoms with E-state index in [2.05, 4.69) is 15.1 Å². The van der Waals surface area contributed by atoms with Crippen molar-refractivity contribution in [2.45, 2.75) is 12.2 Å². The number of anilines is 1. The summed E-state index contributed by atoms with van der Waals surface area (Å²) in [5.41, 5.74) is 14.0. The number of hydrogen-bond acceptors (Lipinski definition) is 5. The van der Waals surface area contributed by atoms with Gasteiger partial charge in [0.1, 0.15) is 11.9 Å². The fraction of sp³-hybridized carbons (Fsp3) is 0.571. The average Bonchev–Trinajstić information content (AvgIpc) is 2.55. The van der Waals surface area contributed by atoms with E-state index in [-0.39, 0.29) is 12.4 Å². The molecule has 0 amide bonds. The van der Waals surface area contributed by atoms with Crippen LogP contribution in [0.2, 0.25) is 0 Å². The summed E-state index contributed by atoms with van der Waals surface area (Å²) in [6.07, 6.45) is -1.03. The molecular weight excluding hydrogens is 200 g/mol. The second kappa shape index (κ2) is 4.65. The predicted octanol–water partition coefficient (Wildman–Crippen LogP) is -0.293. The van der Waals surface area contributed by atoms with Crippen molar-refractivity contribution < 1.29 is 10.2 Å². The first-order valence-corrected chi connectivity index (χ1v) is 4.22. The zero-order chi connectivity index (χ0) is 11.4. The van der Waals surface area contributed by atoms with Crippen LogP contribution in [0.25, 0.3) is 10.4 Å². The Kier molecular flexibility index (Phi) is 3.51. The second-order valence-electron chi connectivity index (χ2n) is 3.03. The normalized spacial score (nSPS) is 14.3. The van der Waals surface area contributed by atoms with Crippen molar-refractivity contribution in [3.8, 4) is 0 Å². The number of aliphatic hydroxyl groups excluding tert-OH is 2. The lowest BCUT2D eigenvalue weighted by atomic mass is 10.1. The van der Waals surface area contributed by atoms with Crippen LogP contribution in [0.5, 0.6) is 0 Å². The number of nitrogens with zero attached hydrogens (tertiary/aromatic N) is 5. The van der Waals surface area contributed by atoms with Gasteiger partial charge >= 0.3 is 0 Å². The van der Waals surface area contributed by atoms with Crippen LogP contribution in [-0.4, -0.2) is 32.6 Å². The zero-order valence-corrected chi connectivity index (χ0v) is 8.15. The average molecular weight is 212 g/mol. The summed E-state index contributed by atoms with van der Waals surface area (Å²) in [5, 5.41) is 26.0. The second-order valence-corrected chi connectivity index (χ2v) is 3.03. The van der Waals surface area contributed by atoms with Crippen LogP contribution in [-0.2, 0) is 7.05 Å². The number of aliphatic hydroxyl groups is 2. The summed E-state index contributed by atoms with van der Waals surface area (Å²) in [7, 11) is 1.62.